The molecule has 1 rings (SSSR count). The first-order valence-corrected chi connectivity index (χ1v) is 9.25. The average molecular weight is 224 g/mol. The van der Waals surface area contributed by atoms with Crippen LogP contribution in [0.4, 0.5) is 0 Å². The Morgan fingerprint density at radius 3 is 2.29 bits per heavy atom. The fraction of sp³-hybridized carbons (Fsp3) is 0.364. The number of rotatable bonds is 3. The fourth-order valence-electron chi connectivity index (χ4n) is 1.09. The van der Waals surface area contributed by atoms with Crippen LogP contribution < -0.4 is 0 Å². The Hall–Kier alpha value is -0.543. The fourth-order valence-corrected chi connectivity index (χ4v) is 4.10. The van der Waals surface area contributed by atoms with E-state index in [0.29, 0.717) is 5.12 Å². The van der Waals surface area contributed by atoms with Crippen molar-refractivity contribution in [1.29, 1.82) is 0 Å². The highest BCUT2D eigenvalue weighted by Gasteiger charge is 2.18. The topological polar surface area (TPSA) is 17.1 Å². The van der Waals surface area contributed by atoms with Gasteiger partial charge in [-0.15, -0.1) is 0 Å². The molecule has 0 radical (unpaired) electrons. The van der Waals surface area contributed by atoms with Crippen molar-refractivity contribution >= 4 is 25.0 Å². The van der Waals surface area contributed by atoms with Crippen molar-refractivity contribution in [2.24, 2.45) is 0 Å². The van der Waals surface area contributed by atoms with Crippen LogP contribution in [-0.2, 0) is 4.79 Å². The first kappa shape index (κ1) is 11.5. The van der Waals surface area contributed by atoms with Crippen LogP contribution in [0.1, 0.15) is 0 Å². The van der Waals surface area contributed by atoms with Crippen molar-refractivity contribution in [3.8, 4) is 0 Å². The standard InChI is InChI=1S/C11H16OSSi/c1-14(2,3)9-11(12)13-10-7-5-4-6-8-10/h4-8H,9H2,1-3H3. The first-order valence-electron chi connectivity index (χ1n) is 4.73. The minimum Gasteiger partial charge on any atom is -0.287 e. The molecular weight excluding hydrogens is 208 g/mol. The second-order valence-corrected chi connectivity index (χ2v) is 11.1. The molecule has 0 aliphatic rings. The van der Waals surface area contributed by atoms with Gasteiger partial charge in [-0.25, -0.2) is 0 Å². The Bertz CT molecular complexity index is 303. The van der Waals surface area contributed by atoms with Gasteiger partial charge in [0.1, 0.15) is 0 Å². The molecule has 0 amide bonds. The predicted octanol–water partition coefficient (Wildman–Crippen LogP) is 3.64. The van der Waals surface area contributed by atoms with E-state index >= 15 is 0 Å². The van der Waals surface area contributed by atoms with Crippen molar-refractivity contribution in [2.45, 2.75) is 30.6 Å². The van der Waals surface area contributed by atoms with Crippen molar-refractivity contribution in [2.75, 3.05) is 0 Å². The number of hydrogen-bond donors (Lipinski definition) is 0. The van der Waals surface area contributed by atoms with E-state index in [1.165, 1.54) is 11.8 Å². The summed E-state index contributed by atoms with van der Waals surface area (Å²) in [7, 11) is -1.24. The molecule has 0 N–H and O–H groups in total. The second-order valence-electron chi connectivity index (χ2n) is 4.52. The molecule has 1 aromatic rings. The number of carbonyl (C=O) groups is 1. The van der Waals surface area contributed by atoms with E-state index in [4.69, 9.17) is 0 Å². The molecule has 3 heteroatoms. The molecule has 0 spiro atoms. The highest BCUT2D eigenvalue weighted by atomic mass is 32.2. The van der Waals surface area contributed by atoms with Gasteiger partial charge in [-0.1, -0.05) is 49.6 Å². The number of benzene rings is 1. The Kier molecular flexibility index (Phi) is 3.95. The van der Waals surface area contributed by atoms with Gasteiger partial charge in [-0.3, -0.25) is 4.79 Å². The molecule has 1 aromatic carbocycles. The van der Waals surface area contributed by atoms with Crippen molar-refractivity contribution in [3.63, 3.8) is 0 Å². The van der Waals surface area contributed by atoms with Gasteiger partial charge in [-0.2, -0.15) is 0 Å². The molecule has 0 aromatic heterocycles. The molecule has 0 atom stereocenters. The van der Waals surface area contributed by atoms with Gasteiger partial charge >= 0.3 is 0 Å². The van der Waals surface area contributed by atoms with Crippen LogP contribution in [0.15, 0.2) is 35.2 Å². The second kappa shape index (κ2) is 4.80. The van der Waals surface area contributed by atoms with E-state index in [2.05, 4.69) is 19.6 Å². The zero-order valence-corrected chi connectivity index (χ0v) is 10.7. The summed E-state index contributed by atoms with van der Waals surface area (Å²) in [6, 6.07) is 10.6. The molecule has 0 saturated heterocycles. The van der Waals surface area contributed by atoms with E-state index < -0.39 is 8.07 Å². The molecule has 0 heterocycles. The van der Waals surface area contributed by atoms with Crippen LogP contribution >= 0.6 is 11.8 Å². The zero-order chi connectivity index (χ0) is 10.6. The summed E-state index contributed by atoms with van der Waals surface area (Å²) in [4.78, 5) is 12.7. The summed E-state index contributed by atoms with van der Waals surface area (Å²) in [5, 5.41) is 0.301. The minimum absolute atomic E-state index is 0.301. The predicted molar refractivity (Wildman–Crippen MR) is 65.5 cm³/mol. The zero-order valence-electron chi connectivity index (χ0n) is 8.91. The van der Waals surface area contributed by atoms with Gasteiger partial charge < -0.3 is 0 Å². The molecular formula is C11H16OSSi. The third kappa shape index (κ3) is 4.63. The lowest BCUT2D eigenvalue weighted by Crippen LogP contribution is -2.22. The van der Waals surface area contributed by atoms with Gasteiger partial charge in [0.25, 0.3) is 0 Å². The van der Waals surface area contributed by atoms with E-state index in [1.807, 2.05) is 30.3 Å². The largest absolute Gasteiger partial charge is 0.287 e. The lowest BCUT2D eigenvalue weighted by molar-refractivity contribution is -0.109. The summed E-state index contributed by atoms with van der Waals surface area (Å²) >= 11 is 1.37. The molecule has 0 unspecified atom stereocenters. The monoisotopic (exact) mass is 224 g/mol. The van der Waals surface area contributed by atoms with Crippen LogP contribution in [0.3, 0.4) is 0 Å². The van der Waals surface area contributed by atoms with E-state index in [-0.39, 0.29) is 0 Å². The van der Waals surface area contributed by atoms with Crippen molar-refractivity contribution in [1.82, 2.24) is 0 Å². The summed E-state index contributed by atoms with van der Waals surface area (Å²) in [6.07, 6.45) is 0. The molecule has 76 valence electrons. The molecule has 14 heavy (non-hydrogen) atoms. The third-order valence-corrected chi connectivity index (χ3v) is 4.17. The summed E-state index contributed by atoms with van der Waals surface area (Å²) in [5.41, 5.74) is 0. The highest BCUT2D eigenvalue weighted by Crippen LogP contribution is 2.23. The number of carbonyl (C=O) groups excluding carboxylic acids is 1. The van der Waals surface area contributed by atoms with Crippen molar-refractivity contribution in [3.05, 3.63) is 30.3 Å². The van der Waals surface area contributed by atoms with Gasteiger partial charge in [-0.05, 0) is 12.1 Å². The van der Waals surface area contributed by atoms with Gasteiger partial charge in [0.05, 0.1) is 8.07 Å². The van der Waals surface area contributed by atoms with Crippen LogP contribution in [0.2, 0.25) is 25.7 Å². The van der Waals surface area contributed by atoms with Crippen LogP contribution in [0, 0.1) is 0 Å². The van der Waals surface area contributed by atoms with Gasteiger partial charge in [0.2, 0.25) is 0 Å². The summed E-state index contributed by atoms with van der Waals surface area (Å²) in [6.45, 7) is 6.66. The Labute approximate surface area is 90.9 Å². The maximum absolute atomic E-state index is 11.6. The van der Waals surface area contributed by atoms with Gasteiger partial charge in [0.15, 0.2) is 5.12 Å². The molecule has 0 fully saturated rings. The maximum atomic E-state index is 11.6. The quantitative estimate of drug-likeness (QED) is 0.576. The molecule has 0 aliphatic heterocycles. The van der Waals surface area contributed by atoms with E-state index in [1.54, 1.807) is 0 Å². The minimum atomic E-state index is -1.24. The molecule has 1 nitrogen and oxygen atoms in total. The Balaban J connectivity index is 2.50. The summed E-state index contributed by atoms with van der Waals surface area (Å²) < 4.78 is 0. The number of thioether (sulfide) groups is 1. The van der Waals surface area contributed by atoms with Crippen LogP contribution in [-0.4, -0.2) is 13.2 Å². The van der Waals surface area contributed by atoms with E-state index in [0.717, 1.165) is 10.9 Å². The Morgan fingerprint density at radius 1 is 1.21 bits per heavy atom. The lowest BCUT2D eigenvalue weighted by atomic mass is 10.4. The molecule has 0 saturated carbocycles. The van der Waals surface area contributed by atoms with Crippen molar-refractivity contribution < 1.29 is 4.79 Å². The van der Waals surface area contributed by atoms with E-state index in [9.17, 15) is 4.79 Å². The molecule has 0 aliphatic carbocycles. The molecule has 0 bridgehead atoms. The summed E-state index contributed by atoms with van der Waals surface area (Å²) in [5.74, 6) is 0. The highest BCUT2D eigenvalue weighted by molar-refractivity contribution is 8.13. The normalized spacial score (nSPS) is 11.4. The third-order valence-electron chi connectivity index (χ3n) is 1.65. The number of hydrogen-bond acceptors (Lipinski definition) is 2. The lowest BCUT2D eigenvalue weighted by Gasteiger charge is -2.13. The average Bonchev–Trinajstić information content (AvgIpc) is 2.02. The van der Waals surface area contributed by atoms with Crippen LogP contribution in [0.5, 0.6) is 0 Å². The maximum Gasteiger partial charge on any atom is 0.191 e. The van der Waals surface area contributed by atoms with Gasteiger partial charge in [0, 0.05) is 10.9 Å². The van der Waals surface area contributed by atoms with Crippen LogP contribution in [0.25, 0.3) is 0 Å². The Morgan fingerprint density at radius 2 is 1.79 bits per heavy atom. The SMILES string of the molecule is C[Si](C)(C)CC(=O)Sc1ccccc1. The smallest absolute Gasteiger partial charge is 0.191 e. The first-order chi connectivity index (χ1) is 6.47.